The number of methoxy groups -OCH3 is 1. The van der Waals surface area contributed by atoms with E-state index in [9.17, 15) is 14.4 Å². The lowest BCUT2D eigenvalue weighted by Crippen LogP contribution is -2.21. The van der Waals surface area contributed by atoms with Gasteiger partial charge in [0.2, 0.25) is 5.91 Å². The van der Waals surface area contributed by atoms with Gasteiger partial charge in [0.05, 0.1) is 7.11 Å². The number of amides is 2. The molecule has 0 radical (unpaired) electrons. The SMILES string of the molecule is COc1ccccc1Oc1ccc(NC(=O)CCCC(=O)OCC(=O)Nc2ccc(Br)c(C)c2)cc1. The molecule has 0 aliphatic carbocycles. The molecule has 9 heteroatoms. The molecule has 0 aliphatic rings. The standard InChI is InChI=1S/C27H27BrN2O6/c1-18-16-20(12-15-22(18)28)30-26(32)17-35-27(33)9-5-8-25(31)29-19-10-13-21(14-11-19)36-24-7-4-3-6-23(24)34-2/h3-4,6-7,10-16H,5,8-9,17H2,1-2H3,(H,29,31)(H,30,32). The molecule has 2 N–H and O–H groups in total. The van der Waals surface area contributed by atoms with Gasteiger partial charge in [0, 0.05) is 28.7 Å². The largest absolute Gasteiger partial charge is 0.493 e. The first-order valence-corrected chi connectivity index (χ1v) is 12.1. The fourth-order valence-corrected chi connectivity index (χ4v) is 3.44. The van der Waals surface area contributed by atoms with Crippen LogP contribution in [0.15, 0.2) is 71.2 Å². The van der Waals surface area contributed by atoms with E-state index in [1.54, 1.807) is 49.6 Å². The molecule has 36 heavy (non-hydrogen) atoms. The molecule has 0 saturated heterocycles. The lowest BCUT2D eigenvalue weighted by molar-refractivity contribution is -0.147. The van der Waals surface area contributed by atoms with E-state index in [2.05, 4.69) is 26.6 Å². The van der Waals surface area contributed by atoms with Crippen LogP contribution in [0.2, 0.25) is 0 Å². The Labute approximate surface area is 218 Å². The average Bonchev–Trinajstić information content (AvgIpc) is 2.86. The normalized spacial score (nSPS) is 10.3. The molecule has 2 amide bonds. The first kappa shape index (κ1) is 26.7. The van der Waals surface area contributed by atoms with Crippen molar-refractivity contribution in [1.29, 1.82) is 0 Å². The van der Waals surface area contributed by atoms with Crippen molar-refractivity contribution in [1.82, 2.24) is 0 Å². The Balaban J connectivity index is 1.34. The van der Waals surface area contributed by atoms with E-state index in [0.29, 0.717) is 35.0 Å². The first-order valence-electron chi connectivity index (χ1n) is 11.3. The molecule has 0 aromatic heterocycles. The van der Waals surface area contributed by atoms with E-state index in [1.165, 1.54) is 0 Å². The van der Waals surface area contributed by atoms with E-state index in [-0.39, 0.29) is 25.4 Å². The maximum Gasteiger partial charge on any atom is 0.306 e. The lowest BCUT2D eigenvalue weighted by Gasteiger charge is -2.11. The van der Waals surface area contributed by atoms with Gasteiger partial charge in [-0.25, -0.2) is 0 Å². The van der Waals surface area contributed by atoms with Crippen molar-refractivity contribution in [3.63, 3.8) is 0 Å². The van der Waals surface area contributed by atoms with Gasteiger partial charge in [0.1, 0.15) is 5.75 Å². The second-order valence-electron chi connectivity index (χ2n) is 7.85. The van der Waals surface area contributed by atoms with Crippen LogP contribution in [0.5, 0.6) is 17.2 Å². The highest BCUT2D eigenvalue weighted by atomic mass is 79.9. The van der Waals surface area contributed by atoms with Gasteiger partial charge in [-0.1, -0.05) is 28.1 Å². The molecule has 0 atom stereocenters. The van der Waals surface area contributed by atoms with Gasteiger partial charge < -0.3 is 24.8 Å². The summed E-state index contributed by atoms with van der Waals surface area (Å²) < 4.78 is 17.0. The topological polar surface area (TPSA) is 103 Å². The van der Waals surface area contributed by atoms with Gasteiger partial charge in [0.25, 0.3) is 5.91 Å². The third-order valence-corrected chi connectivity index (χ3v) is 5.92. The molecule has 0 spiro atoms. The Morgan fingerprint density at radius 1 is 0.833 bits per heavy atom. The Hall–Kier alpha value is -3.85. The van der Waals surface area contributed by atoms with E-state index in [0.717, 1.165) is 10.0 Å². The molecule has 0 aliphatic heterocycles. The van der Waals surface area contributed by atoms with Gasteiger partial charge in [-0.05, 0) is 73.5 Å². The number of carbonyl (C=O) groups excluding carboxylic acids is 3. The van der Waals surface area contributed by atoms with Crippen molar-refractivity contribution in [2.45, 2.75) is 26.2 Å². The van der Waals surface area contributed by atoms with Crippen LogP contribution in [0.3, 0.4) is 0 Å². The van der Waals surface area contributed by atoms with Gasteiger partial charge in [0.15, 0.2) is 18.1 Å². The Morgan fingerprint density at radius 2 is 1.50 bits per heavy atom. The minimum Gasteiger partial charge on any atom is -0.493 e. The highest BCUT2D eigenvalue weighted by molar-refractivity contribution is 9.10. The number of aryl methyl sites for hydroxylation is 1. The lowest BCUT2D eigenvalue weighted by atomic mass is 10.2. The number of benzene rings is 3. The molecular weight excluding hydrogens is 528 g/mol. The summed E-state index contributed by atoms with van der Waals surface area (Å²) in [6, 6.07) is 19.6. The molecule has 3 rings (SSSR count). The summed E-state index contributed by atoms with van der Waals surface area (Å²) in [4.78, 5) is 36.1. The Kier molecular flexibility index (Phi) is 9.88. The number of nitrogens with one attached hydrogen (secondary N) is 2. The number of halogens is 1. The van der Waals surface area contributed by atoms with Crippen LogP contribution in [-0.4, -0.2) is 31.5 Å². The molecule has 3 aromatic rings. The van der Waals surface area contributed by atoms with Crippen LogP contribution in [0.25, 0.3) is 0 Å². The minimum atomic E-state index is -0.539. The number of para-hydroxylation sites is 2. The van der Waals surface area contributed by atoms with Crippen LogP contribution >= 0.6 is 15.9 Å². The number of rotatable bonds is 11. The van der Waals surface area contributed by atoms with Gasteiger partial charge in [-0.3, -0.25) is 14.4 Å². The zero-order valence-corrected chi connectivity index (χ0v) is 21.6. The van der Waals surface area contributed by atoms with E-state index < -0.39 is 11.9 Å². The second kappa shape index (κ2) is 13.3. The molecule has 0 heterocycles. The summed E-state index contributed by atoms with van der Waals surface area (Å²) in [7, 11) is 1.57. The van der Waals surface area contributed by atoms with Crippen molar-refractivity contribution in [3.8, 4) is 17.2 Å². The highest BCUT2D eigenvalue weighted by Crippen LogP contribution is 2.31. The van der Waals surface area contributed by atoms with Crippen LogP contribution < -0.4 is 20.1 Å². The smallest absolute Gasteiger partial charge is 0.306 e. The van der Waals surface area contributed by atoms with Crippen molar-refractivity contribution >= 4 is 45.1 Å². The fraction of sp³-hybridized carbons (Fsp3) is 0.222. The van der Waals surface area contributed by atoms with E-state index >= 15 is 0 Å². The summed E-state index contributed by atoms with van der Waals surface area (Å²) in [6.07, 6.45) is 0.468. The maximum absolute atomic E-state index is 12.2. The van der Waals surface area contributed by atoms with Crippen LogP contribution in [0.1, 0.15) is 24.8 Å². The molecule has 0 unspecified atom stereocenters. The monoisotopic (exact) mass is 554 g/mol. The number of hydrogen-bond acceptors (Lipinski definition) is 6. The molecule has 188 valence electrons. The molecule has 0 saturated carbocycles. The molecule has 0 bridgehead atoms. The molecular formula is C27H27BrN2O6. The zero-order chi connectivity index (χ0) is 25.9. The van der Waals surface area contributed by atoms with Crippen molar-refractivity contribution < 1.29 is 28.6 Å². The molecule has 3 aromatic carbocycles. The summed E-state index contributed by atoms with van der Waals surface area (Å²) in [5.74, 6) is 0.603. The molecule has 0 fully saturated rings. The van der Waals surface area contributed by atoms with E-state index in [4.69, 9.17) is 14.2 Å². The Morgan fingerprint density at radius 3 is 2.19 bits per heavy atom. The quantitative estimate of drug-likeness (QED) is 0.288. The van der Waals surface area contributed by atoms with Crippen LogP contribution in [-0.2, 0) is 19.1 Å². The minimum absolute atomic E-state index is 0.0315. The van der Waals surface area contributed by atoms with Crippen molar-refractivity contribution in [3.05, 3.63) is 76.8 Å². The summed E-state index contributed by atoms with van der Waals surface area (Å²) in [5.41, 5.74) is 2.20. The maximum atomic E-state index is 12.2. The third-order valence-electron chi connectivity index (χ3n) is 5.03. The van der Waals surface area contributed by atoms with Crippen LogP contribution in [0.4, 0.5) is 11.4 Å². The van der Waals surface area contributed by atoms with Crippen LogP contribution in [0, 0.1) is 6.92 Å². The fourth-order valence-electron chi connectivity index (χ4n) is 3.19. The number of anilines is 2. The van der Waals surface area contributed by atoms with Gasteiger partial charge in [-0.2, -0.15) is 0 Å². The summed E-state index contributed by atoms with van der Waals surface area (Å²) in [5, 5.41) is 5.45. The van der Waals surface area contributed by atoms with Gasteiger partial charge >= 0.3 is 5.97 Å². The predicted molar refractivity (Wildman–Crippen MR) is 140 cm³/mol. The van der Waals surface area contributed by atoms with Crippen molar-refractivity contribution in [2.75, 3.05) is 24.4 Å². The first-order chi connectivity index (χ1) is 17.3. The summed E-state index contributed by atoms with van der Waals surface area (Å²) in [6.45, 7) is 1.52. The van der Waals surface area contributed by atoms with Gasteiger partial charge in [-0.15, -0.1) is 0 Å². The number of esters is 1. The molecule has 8 nitrogen and oxygen atoms in total. The Bertz CT molecular complexity index is 1210. The third kappa shape index (κ3) is 8.42. The average molecular weight is 555 g/mol. The highest BCUT2D eigenvalue weighted by Gasteiger charge is 2.11. The number of ether oxygens (including phenoxy) is 3. The van der Waals surface area contributed by atoms with Crippen molar-refractivity contribution in [2.24, 2.45) is 0 Å². The summed E-state index contributed by atoms with van der Waals surface area (Å²) >= 11 is 3.40. The van der Waals surface area contributed by atoms with E-state index in [1.807, 2.05) is 31.2 Å². The number of hydrogen-bond donors (Lipinski definition) is 2. The predicted octanol–water partition coefficient (Wildman–Crippen LogP) is 5.85. The number of carbonyl (C=O) groups is 3. The zero-order valence-electron chi connectivity index (χ0n) is 20.0. The second-order valence-corrected chi connectivity index (χ2v) is 8.71.